The summed E-state index contributed by atoms with van der Waals surface area (Å²) in [4.78, 5) is 153. The molecule has 3 aliphatic heterocycles. The molecule has 0 unspecified atom stereocenters. The van der Waals surface area contributed by atoms with E-state index in [1.54, 1.807) is 9.80 Å². The highest BCUT2D eigenvalue weighted by atomic mass is 16.7. The van der Waals surface area contributed by atoms with Gasteiger partial charge in [-0.1, -0.05) is 214 Å². The van der Waals surface area contributed by atoms with E-state index in [0.29, 0.717) is 98.5 Å². The summed E-state index contributed by atoms with van der Waals surface area (Å²) in [6, 6.07) is 26.4. The lowest BCUT2D eigenvalue weighted by molar-refractivity contribution is -0.182. The van der Waals surface area contributed by atoms with Gasteiger partial charge >= 0.3 is 12.1 Å². The second kappa shape index (κ2) is 53.2. The Morgan fingerprint density at radius 2 is 0.852 bits per heavy atom. The number of carboxylic acids is 1. The smallest absolute Gasteiger partial charge is 0.431 e. The number of amides is 10. The summed E-state index contributed by atoms with van der Waals surface area (Å²) in [7, 11) is 0. The summed E-state index contributed by atoms with van der Waals surface area (Å²) in [6.45, 7) is 33.1. The SMILES string of the molecule is CCCC[C@H](CN(C=O)OCc1ccccc1)C(=O)N[C@H](C(=O)N1CCCCC1)C(C)(C)C.CCCC[C@H](CN(O)C=O)C(=O)N[C@H](C(=O)N1CCN(Cc2ccc(C#N)cc2)CC1)C(C)(C)C.CCCC[C@H](CN(O)C=O)C(=O)N[C@H](C(=O)N1CCNCC1)C(C)(C)C.CCCC[C@H](CN(OCc1ccccc1)C(=O)O)C(=O)O. The van der Waals surface area contributed by atoms with Gasteiger partial charge in [0, 0.05) is 72.0 Å². The number of piperazine rings is 2. The predicted molar refractivity (Wildman–Crippen MR) is 436 cm³/mol. The van der Waals surface area contributed by atoms with Gasteiger partial charge in [-0.05, 0) is 90.0 Å². The van der Waals surface area contributed by atoms with Crippen molar-refractivity contribution in [2.45, 2.75) is 224 Å². The zero-order chi connectivity index (χ0) is 85.7. The number of aliphatic carboxylic acids is 1. The highest BCUT2D eigenvalue weighted by Crippen LogP contribution is 2.28. The van der Waals surface area contributed by atoms with Crippen LogP contribution in [0.5, 0.6) is 0 Å². The van der Waals surface area contributed by atoms with Gasteiger partial charge in [0.05, 0.1) is 61.5 Å². The number of carbonyl (C=O) groups excluding carboxylic acids is 9. The van der Waals surface area contributed by atoms with E-state index >= 15 is 0 Å². The van der Waals surface area contributed by atoms with E-state index in [1.807, 2.05) is 173 Å². The third kappa shape index (κ3) is 38.0. The van der Waals surface area contributed by atoms with Crippen molar-refractivity contribution in [3.05, 3.63) is 107 Å². The lowest BCUT2D eigenvalue weighted by atomic mass is 9.84. The summed E-state index contributed by atoms with van der Waals surface area (Å²) >= 11 is 0. The number of piperidine rings is 1. The number of benzene rings is 3. The van der Waals surface area contributed by atoms with Crippen molar-refractivity contribution in [3.63, 3.8) is 0 Å². The van der Waals surface area contributed by atoms with Crippen LogP contribution in [0.3, 0.4) is 0 Å². The summed E-state index contributed by atoms with van der Waals surface area (Å²) in [5.41, 5.74) is 2.14. The Balaban J connectivity index is 0.000000404. The molecule has 0 aromatic heterocycles. The first kappa shape index (κ1) is 100. The van der Waals surface area contributed by atoms with E-state index in [2.05, 4.69) is 39.2 Å². The number of unbranched alkanes of at least 4 members (excludes halogenated alkanes) is 4. The molecule has 0 spiro atoms. The Kier molecular flexibility index (Phi) is 46.3. The van der Waals surface area contributed by atoms with Gasteiger partial charge in [-0.3, -0.25) is 72.9 Å². The molecule has 3 aromatic rings. The molecule has 115 heavy (non-hydrogen) atoms. The summed E-state index contributed by atoms with van der Waals surface area (Å²) in [5, 5.41) is 61.3. The third-order valence-corrected chi connectivity index (χ3v) is 20.2. The van der Waals surface area contributed by atoms with E-state index in [0.717, 1.165) is 120 Å². The summed E-state index contributed by atoms with van der Waals surface area (Å²) < 4.78 is 0. The second-order valence-electron chi connectivity index (χ2n) is 33.0. The molecule has 8 N–H and O–H groups in total. The van der Waals surface area contributed by atoms with Crippen LogP contribution in [0.4, 0.5) is 4.79 Å². The van der Waals surface area contributed by atoms with Crippen molar-refractivity contribution in [2.75, 3.05) is 91.6 Å². The van der Waals surface area contributed by atoms with Crippen LogP contribution in [0, 0.1) is 51.2 Å². The van der Waals surface area contributed by atoms with E-state index in [-0.39, 0.29) is 81.2 Å². The normalized spacial score (nSPS) is 15.6. The number of hydrogen-bond donors (Lipinski definition) is 8. The van der Waals surface area contributed by atoms with Gasteiger partial charge in [0.1, 0.15) is 31.3 Å². The Morgan fingerprint density at radius 3 is 1.21 bits per heavy atom. The number of rotatable bonds is 41. The average Bonchev–Trinajstić information content (AvgIpc) is 0.837. The van der Waals surface area contributed by atoms with Gasteiger partial charge in [0.15, 0.2) is 0 Å². The highest BCUT2D eigenvalue weighted by Gasteiger charge is 2.41. The third-order valence-electron chi connectivity index (χ3n) is 20.2. The van der Waals surface area contributed by atoms with Crippen LogP contribution in [0.25, 0.3) is 0 Å². The maximum atomic E-state index is 13.5. The Labute approximate surface area is 682 Å². The van der Waals surface area contributed by atoms with Crippen LogP contribution in [-0.4, -0.2) is 237 Å². The van der Waals surface area contributed by atoms with Crippen LogP contribution in [0.1, 0.15) is 209 Å². The lowest BCUT2D eigenvalue weighted by Gasteiger charge is -2.40. The first-order valence-electron chi connectivity index (χ1n) is 40.9. The van der Waals surface area contributed by atoms with Crippen molar-refractivity contribution < 1.29 is 83.0 Å². The highest BCUT2D eigenvalue weighted by molar-refractivity contribution is 5.91. The Hall–Kier alpha value is -9.12. The molecule has 3 heterocycles. The van der Waals surface area contributed by atoms with Gasteiger partial charge in [-0.2, -0.15) is 10.3 Å². The maximum absolute atomic E-state index is 13.5. The fraction of sp³-hybridized carbons (Fsp3) is 0.647. The minimum Gasteiger partial charge on any atom is -0.481 e. The van der Waals surface area contributed by atoms with Gasteiger partial charge in [0.2, 0.25) is 54.7 Å². The first-order chi connectivity index (χ1) is 54.6. The molecular formula is C85H135N13O17. The number of carboxylic acid groups (broad SMARTS) is 2. The quantitative estimate of drug-likeness (QED) is 0.0149. The molecule has 30 nitrogen and oxygen atoms in total. The zero-order valence-corrected chi connectivity index (χ0v) is 70.6. The maximum Gasteiger partial charge on any atom is 0.431 e. The van der Waals surface area contributed by atoms with Crippen molar-refractivity contribution >= 4 is 66.7 Å². The van der Waals surface area contributed by atoms with E-state index in [9.17, 15) is 63.2 Å². The number of nitrogens with one attached hydrogen (secondary N) is 4. The molecule has 3 aliphatic rings. The fourth-order valence-electron chi connectivity index (χ4n) is 13.1. The fourth-order valence-corrected chi connectivity index (χ4v) is 13.1. The molecule has 642 valence electrons. The van der Waals surface area contributed by atoms with E-state index in [1.165, 1.54) is 5.06 Å². The molecule has 6 rings (SSSR count). The molecule has 3 aromatic carbocycles. The average molecular weight is 1610 g/mol. The van der Waals surface area contributed by atoms with E-state index < -0.39 is 70.1 Å². The minimum atomic E-state index is -1.28. The molecular weight excluding hydrogens is 1480 g/mol. The van der Waals surface area contributed by atoms with Crippen molar-refractivity contribution in [2.24, 2.45) is 39.9 Å². The van der Waals surface area contributed by atoms with Crippen LogP contribution < -0.4 is 21.3 Å². The number of likely N-dealkylation sites (tertiary alicyclic amines) is 1. The Bertz CT molecular complexity index is 3420. The molecule has 30 heteroatoms. The van der Waals surface area contributed by atoms with Gasteiger partial charge < -0.3 is 46.2 Å². The number of nitriles is 1. The number of hydroxylamine groups is 8. The molecule has 0 bridgehead atoms. The topological polar surface area (TPSA) is 385 Å². The molecule has 0 radical (unpaired) electrons. The monoisotopic (exact) mass is 1610 g/mol. The van der Waals surface area contributed by atoms with Crippen molar-refractivity contribution in [1.82, 2.24) is 61.1 Å². The van der Waals surface area contributed by atoms with Gasteiger partial charge in [0.25, 0.3) is 0 Å². The van der Waals surface area contributed by atoms with Crippen LogP contribution in [-0.2, 0) is 77.4 Å². The molecule has 0 saturated carbocycles. The minimum absolute atomic E-state index is 0.0163. The van der Waals surface area contributed by atoms with Crippen LogP contribution in [0.2, 0.25) is 0 Å². The van der Waals surface area contributed by atoms with Crippen molar-refractivity contribution in [1.29, 1.82) is 5.26 Å². The number of carbonyl (C=O) groups is 11. The van der Waals surface area contributed by atoms with Crippen LogP contribution >= 0.6 is 0 Å². The Morgan fingerprint density at radius 1 is 0.478 bits per heavy atom. The molecule has 3 saturated heterocycles. The van der Waals surface area contributed by atoms with Gasteiger partial charge in [-0.15, -0.1) is 0 Å². The first-order valence-corrected chi connectivity index (χ1v) is 40.9. The largest absolute Gasteiger partial charge is 0.481 e. The van der Waals surface area contributed by atoms with E-state index in [4.69, 9.17) is 25.2 Å². The van der Waals surface area contributed by atoms with Gasteiger partial charge in [-0.25, -0.2) is 20.0 Å². The number of nitrogens with zero attached hydrogens (tertiary/aromatic N) is 9. The molecule has 10 amide bonds. The molecule has 3 fully saturated rings. The second-order valence-corrected chi connectivity index (χ2v) is 33.0. The molecule has 0 aliphatic carbocycles. The molecule has 7 atom stereocenters. The van der Waals surface area contributed by atoms with Crippen molar-refractivity contribution in [3.8, 4) is 6.07 Å². The zero-order valence-electron chi connectivity index (χ0n) is 70.6. The number of hydrogen-bond acceptors (Lipinski definition) is 18. The predicted octanol–water partition coefficient (Wildman–Crippen LogP) is 9.91. The van der Waals surface area contributed by atoms with Crippen LogP contribution in [0.15, 0.2) is 84.9 Å². The standard InChI is InChI=1S/C26H39N5O4.C26H41N3O4.C18H34N4O4.C15H21NO5/c1-5-6-7-22(18-31(35)19-32)24(33)28-23(26(2,3)4)25(34)30-14-12-29(13-15-30)17-21-10-8-20(16-27)9-11-21;1-5-6-15-22(18-29(20-30)33-19-21-13-9-7-10-14-21)24(31)27-23(26(2,3)4)25(32)28-16-11-8-12-17-28;1-5-6-7-14(12-22(26)13-23)16(24)20-15(18(2,3)4)17(25)21-10-8-19-9-11-21;1-2-3-9-13(14(17)18)10-16(15(19)20)21-11-12-7-5-4-6-8-12/h8-11,19,22-23,35H,5-7,12-15,17-18H2,1-4H3,(H,28,33);7,9-10,13-14,20,22-23H,5-6,8,11-12,15-19H2,1-4H3,(H,27,31);13-15,19,26H,5-12H2,1-4H3,(H,20,24);4-8,13H,2-3,9-11H2,1H3,(H,17,18)(H,19,20)/t2*22-,23-;14-,15-;13-/m1111/s1. The summed E-state index contributed by atoms with van der Waals surface area (Å²) in [6.07, 6.45) is 11.9. The lowest BCUT2D eigenvalue weighted by Crippen LogP contribution is -2.59. The summed E-state index contributed by atoms with van der Waals surface area (Å²) in [5.74, 6) is -4.40.